The van der Waals surface area contributed by atoms with Gasteiger partial charge in [-0.05, 0) is 47.1 Å². The van der Waals surface area contributed by atoms with Gasteiger partial charge in [0.2, 0.25) is 5.60 Å². The van der Waals surface area contributed by atoms with E-state index < -0.39 is 57.2 Å². The molecule has 204 valence electrons. The van der Waals surface area contributed by atoms with Crippen LogP contribution in [-0.2, 0) is 44.2 Å². The van der Waals surface area contributed by atoms with Crippen molar-refractivity contribution in [2.45, 2.75) is 64.2 Å². The summed E-state index contributed by atoms with van der Waals surface area (Å²) in [5.74, 6) is -3.15. The fourth-order valence-corrected chi connectivity index (χ4v) is 6.76. The van der Waals surface area contributed by atoms with Crippen LogP contribution in [0.3, 0.4) is 0 Å². The number of rotatable bonds is 8. The van der Waals surface area contributed by atoms with E-state index in [9.17, 15) is 23.4 Å². The van der Waals surface area contributed by atoms with Crippen LogP contribution in [0.2, 0.25) is 0 Å². The quantitative estimate of drug-likeness (QED) is 0.0810. The lowest BCUT2D eigenvalue weighted by molar-refractivity contribution is -0.179. The Hall–Kier alpha value is -2.34. The van der Waals surface area contributed by atoms with Crippen LogP contribution in [0, 0.1) is 6.92 Å². The highest BCUT2D eigenvalue weighted by atomic mass is 127. The van der Waals surface area contributed by atoms with E-state index in [4.69, 9.17) is 17.6 Å². The van der Waals surface area contributed by atoms with Gasteiger partial charge in [0, 0.05) is 9.81 Å². The number of aromatic nitrogens is 1. The Morgan fingerprint density at radius 3 is 2.50 bits per heavy atom. The minimum atomic E-state index is -1.62. The summed E-state index contributed by atoms with van der Waals surface area (Å²) in [7, 11) is 3.42. The van der Waals surface area contributed by atoms with Crippen molar-refractivity contribution < 1.29 is 37.6 Å². The molecule has 1 N–H and O–H groups in total. The molecule has 3 atom stereocenters. The van der Waals surface area contributed by atoms with Crippen molar-refractivity contribution in [3.63, 3.8) is 0 Å². The number of amides is 2. The number of carbonyl (C=O) groups excluding carboxylic acids is 4. The van der Waals surface area contributed by atoms with Gasteiger partial charge in [-0.2, -0.15) is 0 Å². The number of ether oxygens (including phenoxy) is 1. The Morgan fingerprint density at radius 1 is 1.32 bits per heavy atom. The first kappa shape index (κ1) is 30.2. The molecule has 1 aromatic heterocycles. The van der Waals surface area contributed by atoms with Gasteiger partial charge in [-0.1, -0.05) is 27.7 Å². The van der Waals surface area contributed by atoms with E-state index in [2.05, 4.69) is 20.1 Å². The Balaban J connectivity index is 1.87. The first-order valence-electron chi connectivity index (χ1n) is 11.2. The molecule has 2 amide bonds. The lowest BCUT2D eigenvalue weighted by Gasteiger charge is -2.49. The molecule has 2 aliphatic rings. The zero-order valence-corrected chi connectivity index (χ0v) is 25.3. The van der Waals surface area contributed by atoms with Crippen molar-refractivity contribution in [2.24, 2.45) is 5.16 Å². The standard InChI is InChI=1S/C22H26BIN4O8S2/c1-10-25-12(8-37-10)13(27-36-22(5,6)20(32)34-21(2,3)4)16(29)26-14-17(30)28-15(19(31)35-23)11(7-24)9-38(33)18(14)28/h8,14,18H,7,9H2,1-6H3,(H,26,29)/b27-13-/t14-,18-,38?/m1/s1. The number of hydrogen-bond acceptors (Lipinski definition) is 11. The molecule has 1 saturated heterocycles. The second kappa shape index (κ2) is 11.4. The molecule has 1 aromatic rings. The van der Waals surface area contributed by atoms with Crippen molar-refractivity contribution >= 4 is 82.2 Å². The molecule has 12 nitrogen and oxygen atoms in total. The van der Waals surface area contributed by atoms with Crippen LogP contribution in [0.1, 0.15) is 45.3 Å². The maximum atomic E-state index is 13.3. The number of carbonyl (C=O) groups is 4. The van der Waals surface area contributed by atoms with E-state index in [1.165, 1.54) is 25.2 Å². The van der Waals surface area contributed by atoms with Crippen molar-refractivity contribution in [1.29, 1.82) is 0 Å². The fourth-order valence-electron chi connectivity index (χ4n) is 3.48. The first-order valence-corrected chi connectivity index (χ1v) is 15.0. The number of β-lactam (4-membered cyclic amide) rings is 1. The summed E-state index contributed by atoms with van der Waals surface area (Å²) in [6.45, 7) is 9.69. The van der Waals surface area contributed by atoms with Crippen molar-refractivity contribution in [1.82, 2.24) is 15.2 Å². The van der Waals surface area contributed by atoms with E-state index in [-0.39, 0.29) is 22.9 Å². The van der Waals surface area contributed by atoms with Gasteiger partial charge in [0.05, 0.1) is 21.6 Å². The van der Waals surface area contributed by atoms with Crippen molar-refractivity contribution in [2.75, 3.05) is 10.2 Å². The Labute approximate surface area is 240 Å². The molecule has 3 heterocycles. The number of nitrogens with one attached hydrogen (secondary N) is 1. The van der Waals surface area contributed by atoms with Crippen LogP contribution >= 0.6 is 33.9 Å². The normalized spacial score (nSPS) is 21.9. The van der Waals surface area contributed by atoms with Crippen LogP contribution in [0.15, 0.2) is 21.8 Å². The highest BCUT2D eigenvalue weighted by Gasteiger charge is 2.57. The molecule has 1 fully saturated rings. The monoisotopic (exact) mass is 676 g/mol. The van der Waals surface area contributed by atoms with E-state index in [1.54, 1.807) is 33.1 Å². The summed E-state index contributed by atoms with van der Waals surface area (Å²) in [5, 5.41) is 7.63. The van der Waals surface area contributed by atoms with Gasteiger partial charge in [-0.15, -0.1) is 11.3 Å². The van der Waals surface area contributed by atoms with E-state index in [0.717, 1.165) is 4.90 Å². The average molecular weight is 676 g/mol. The van der Waals surface area contributed by atoms with Gasteiger partial charge in [0.1, 0.15) is 28.4 Å². The van der Waals surface area contributed by atoms with Gasteiger partial charge < -0.3 is 19.5 Å². The molecule has 2 radical (unpaired) electrons. The maximum absolute atomic E-state index is 13.3. The highest BCUT2D eigenvalue weighted by molar-refractivity contribution is 14.1. The third-order valence-corrected chi connectivity index (χ3v) is 8.63. The number of nitrogens with zero attached hydrogens (tertiary/aromatic N) is 3. The molecule has 0 bridgehead atoms. The molecule has 0 aliphatic carbocycles. The SMILES string of the molecule is [B]OC(=O)C1=C(CI)CS(=O)[C@@H]2[C@H](NC(=O)/C(=N\OC(C)(C)C(=O)OC(C)(C)C)c3csc(C)n3)C(=O)N12. The topological polar surface area (TPSA) is 154 Å². The molecule has 16 heteroatoms. The van der Waals surface area contributed by atoms with Gasteiger partial charge in [0.25, 0.3) is 11.8 Å². The number of thiazole rings is 1. The van der Waals surface area contributed by atoms with Gasteiger partial charge >= 0.3 is 20.0 Å². The molecule has 3 rings (SSSR count). The maximum Gasteiger partial charge on any atom is 0.378 e. The molecule has 1 unspecified atom stereocenters. The summed E-state index contributed by atoms with van der Waals surface area (Å²) >= 11 is 3.23. The predicted octanol–water partition coefficient (Wildman–Crippen LogP) is 1.02. The molecule has 0 aromatic carbocycles. The Bertz CT molecular complexity index is 1260. The molecular weight excluding hydrogens is 650 g/mol. The lowest BCUT2D eigenvalue weighted by Crippen LogP contribution is -2.74. The third kappa shape index (κ3) is 6.27. The van der Waals surface area contributed by atoms with Gasteiger partial charge in [0.15, 0.2) is 5.71 Å². The predicted molar refractivity (Wildman–Crippen MR) is 148 cm³/mol. The number of fused-ring (bicyclic) bond motifs is 1. The number of aryl methyl sites for hydroxylation is 1. The summed E-state index contributed by atoms with van der Waals surface area (Å²) in [6, 6.07) is -1.22. The van der Waals surface area contributed by atoms with Crippen LogP contribution in [-0.4, -0.2) is 84.4 Å². The van der Waals surface area contributed by atoms with E-state index >= 15 is 0 Å². The summed E-state index contributed by atoms with van der Waals surface area (Å²) in [5.41, 5.74) is -2.11. The molecule has 2 aliphatic heterocycles. The van der Waals surface area contributed by atoms with E-state index in [0.29, 0.717) is 15.0 Å². The van der Waals surface area contributed by atoms with Crippen LogP contribution in [0.5, 0.6) is 0 Å². The second-order valence-corrected chi connectivity index (χ2v) is 13.2. The Morgan fingerprint density at radius 2 is 1.97 bits per heavy atom. The number of hydrogen-bond donors (Lipinski definition) is 1. The van der Waals surface area contributed by atoms with Crippen LogP contribution in [0.4, 0.5) is 0 Å². The smallest absolute Gasteiger partial charge is 0.378 e. The fraction of sp³-hybridized carbons (Fsp3) is 0.545. The number of halogens is 1. The average Bonchev–Trinajstić information content (AvgIpc) is 3.25. The largest absolute Gasteiger partial charge is 0.539 e. The summed E-state index contributed by atoms with van der Waals surface area (Å²) in [6.07, 6.45) is 0. The highest BCUT2D eigenvalue weighted by Crippen LogP contribution is 2.36. The third-order valence-electron chi connectivity index (χ3n) is 5.29. The molecule has 0 spiro atoms. The van der Waals surface area contributed by atoms with Crippen LogP contribution in [0.25, 0.3) is 0 Å². The van der Waals surface area contributed by atoms with Crippen molar-refractivity contribution in [3.05, 3.63) is 27.4 Å². The zero-order valence-electron chi connectivity index (χ0n) is 21.5. The van der Waals surface area contributed by atoms with Crippen molar-refractivity contribution in [3.8, 4) is 0 Å². The number of esters is 1. The lowest BCUT2D eigenvalue weighted by atomic mass is 10.0. The number of oxime groups is 1. The second-order valence-electron chi connectivity index (χ2n) is 9.86. The minimum Gasteiger partial charge on any atom is -0.539 e. The Kier molecular flexibility index (Phi) is 9.08. The summed E-state index contributed by atoms with van der Waals surface area (Å²) < 4.78 is 22.9. The molecule has 0 saturated carbocycles. The molecule has 38 heavy (non-hydrogen) atoms. The van der Waals surface area contributed by atoms with Gasteiger partial charge in [-0.25, -0.2) is 14.6 Å². The number of alkyl halides is 1. The summed E-state index contributed by atoms with van der Waals surface area (Å²) in [4.78, 5) is 61.9. The van der Waals surface area contributed by atoms with Gasteiger partial charge in [-0.3, -0.25) is 18.7 Å². The van der Waals surface area contributed by atoms with Crippen LogP contribution < -0.4 is 5.32 Å². The first-order chi connectivity index (χ1) is 17.6. The van der Waals surface area contributed by atoms with E-state index in [1.807, 2.05) is 22.6 Å². The molecular formula is C22H26BIN4O8S2. The minimum absolute atomic E-state index is 0.00755. The zero-order chi connectivity index (χ0) is 28.6.